The summed E-state index contributed by atoms with van der Waals surface area (Å²) in [6.45, 7) is 12.6. The highest BCUT2D eigenvalue weighted by Crippen LogP contribution is 2.36. The molecule has 0 unspecified atom stereocenters. The van der Waals surface area contributed by atoms with Gasteiger partial charge in [-0.3, -0.25) is 4.98 Å². The molecular formula is C15H24BNO2. The predicted molar refractivity (Wildman–Crippen MR) is 78.7 cm³/mol. The summed E-state index contributed by atoms with van der Waals surface area (Å²) in [5, 5.41) is 0. The van der Waals surface area contributed by atoms with Crippen LogP contribution in [0.1, 0.15) is 52.2 Å². The Morgan fingerprint density at radius 2 is 1.68 bits per heavy atom. The highest BCUT2D eigenvalue weighted by molar-refractivity contribution is 6.62. The third kappa shape index (κ3) is 2.56. The summed E-state index contributed by atoms with van der Waals surface area (Å²) in [4.78, 5) is 4.34. The third-order valence-electron chi connectivity index (χ3n) is 4.39. The highest BCUT2D eigenvalue weighted by atomic mass is 16.7. The minimum absolute atomic E-state index is 0.301. The lowest BCUT2D eigenvalue weighted by molar-refractivity contribution is 0.00578. The van der Waals surface area contributed by atoms with E-state index in [1.54, 1.807) is 0 Å². The molecule has 0 saturated carbocycles. The molecule has 1 aromatic heterocycles. The van der Waals surface area contributed by atoms with E-state index in [1.807, 2.05) is 12.4 Å². The molecule has 0 radical (unpaired) electrons. The first-order valence-corrected chi connectivity index (χ1v) is 7.07. The Kier molecular flexibility index (Phi) is 3.76. The molecule has 1 aromatic rings. The lowest BCUT2D eigenvalue weighted by Gasteiger charge is -2.32. The third-order valence-corrected chi connectivity index (χ3v) is 4.39. The topological polar surface area (TPSA) is 31.4 Å². The minimum atomic E-state index is -0.311. The normalized spacial score (nSPS) is 20.8. The van der Waals surface area contributed by atoms with Crippen LogP contribution in [0.15, 0.2) is 12.4 Å². The van der Waals surface area contributed by atoms with E-state index in [2.05, 4.69) is 46.5 Å². The molecule has 0 spiro atoms. The first-order valence-electron chi connectivity index (χ1n) is 7.07. The van der Waals surface area contributed by atoms with Gasteiger partial charge in [0.15, 0.2) is 0 Å². The molecule has 104 valence electrons. The van der Waals surface area contributed by atoms with E-state index in [4.69, 9.17) is 9.31 Å². The van der Waals surface area contributed by atoms with Crippen LogP contribution < -0.4 is 5.46 Å². The van der Waals surface area contributed by atoms with Crippen LogP contribution in [-0.2, 0) is 15.7 Å². The van der Waals surface area contributed by atoms with Gasteiger partial charge in [0.05, 0.1) is 11.2 Å². The van der Waals surface area contributed by atoms with Crippen molar-refractivity contribution in [2.24, 2.45) is 0 Å². The zero-order chi connectivity index (χ0) is 14.3. The quantitative estimate of drug-likeness (QED) is 0.784. The zero-order valence-electron chi connectivity index (χ0n) is 12.9. The molecule has 1 aliphatic rings. The maximum atomic E-state index is 6.10. The van der Waals surface area contributed by atoms with Gasteiger partial charge in [0.2, 0.25) is 0 Å². The number of hydrogen-bond donors (Lipinski definition) is 0. The fourth-order valence-corrected chi connectivity index (χ4v) is 2.32. The Morgan fingerprint density at radius 3 is 2.21 bits per heavy atom. The van der Waals surface area contributed by atoms with Gasteiger partial charge >= 0.3 is 7.12 Å². The van der Waals surface area contributed by atoms with Gasteiger partial charge in [0.25, 0.3) is 0 Å². The van der Waals surface area contributed by atoms with Crippen LogP contribution in [0.3, 0.4) is 0 Å². The van der Waals surface area contributed by atoms with Crippen molar-refractivity contribution in [3.8, 4) is 0 Å². The smallest absolute Gasteiger partial charge is 0.399 e. The molecule has 0 bridgehead atoms. The van der Waals surface area contributed by atoms with Crippen LogP contribution in [0.5, 0.6) is 0 Å². The molecule has 3 nitrogen and oxygen atoms in total. The monoisotopic (exact) mass is 261 g/mol. The van der Waals surface area contributed by atoms with Crippen molar-refractivity contribution in [2.45, 2.75) is 65.6 Å². The SMILES string of the molecule is CCCc1cncc(B2OC(C)(C)C(C)(C)O2)c1C. The molecule has 0 N–H and O–H groups in total. The lowest BCUT2D eigenvalue weighted by Crippen LogP contribution is -2.41. The molecule has 0 amide bonds. The Morgan fingerprint density at radius 1 is 1.11 bits per heavy atom. The van der Waals surface area contributed by atoms with Crippen molar-refractivity contribution in [1.82, 2.24) is 4.98 Å². The first kappa shape index (κ1) is 14.5. The van der Waals surface area contributed by atoms with Crippen molar-refractivity contribution in [3.05, 3.63) is 23.5 Å². The maximum Gasteiger partial charge on any atom is 0.496 e. The van der Waals surface area contributed by atoms with E-state index in [0.29, 0.717) is 0 Å². The summed E-state index contributed by atoms with van der Waals surface area (Å²) < 4.78 is 12.2. The van der Waals surface area contributed by atoms with Gasteiger partial charge in [0.1, 0.15) is 0 Å². The standard InChI is InChI=1S/C15H24BNO2/c1-7-8-12-9-17-10-13(11(12)2)16-18-14(3,4)15(5,6)19-16/h9-10H,7-8H2,1-6H3. The number of aryl methyl sites for hydroxylation is 1. The molecule has 0 atom stereocenters. The average molecular weight is 261 g/mol. The van der Waals surface area contributed by atoms with E-state index in [0.717, 1.165) is 18.3 Å². The van der Waals surface area contributed by atoms with Crippen LogP contribution in [0.4, 0.5) is 0 Å². The molecule has 2 heterocycles. The minimum Gasteiger partial charge on any atom is -0.399 e. The van der Waals surface area contributed by atoms with E-state index in [9.17, 15) is 0 Å². The summed E-state index contributed by atoms with van der Waals surface area (Å²) in [6, 6.07) is 0. The average Bonchev–Trinajstić information content (AvgIpc) is 2.51. The fraction of sp³-hybridized carbons (Fsp3) is 0.667. The first-order chi connectivity index (χ1) is 8.78. The van der Waals surface area contributed by atoms with Gasteiger partial charge in [-0.05, 0) is 52.2 Å². The van der Waals surface area contributed by atoms with Gasteiger partial charge < -0.3 is 9.31 Å². The summed E-state index contributed by atoms with van der Waals surface area (Å²) in [5.41, 5.74) is 2.99. The molecule has 19 heavy (non-hydrogen) atoms. The summed E-state index contributed by atoms with van der Waals surface area (Å²) >= 11 is 0. The molecule has 1 saturated heterocycles. The molecule has 0 aromatic carbocycles. The summed E-state index contributed by atoms with van der Waals surface area (Å²) in [7, 11) is -0.311. The Hall–Kier alpha value is -0.865. The molecular weight excluding hydrogens is 237 g/mol. The zero-order valence-corrected chi connectivity index (χ0v) is 12.9. The predicted octanol–water partition coefficient (Wildman–Crippen LogP) is 2.64. The number of pyridine rings is 1. The second kappa shape index (κ2) is 4.91. The highest BCUT2D eigenvalue weighted by Gasteiger charge is 2.52. The van der Waals surface area contributed by atoms with Crippen molar-refractivity contribution in [1.29, 1.82) is 0 Å². The van der Waals surface area contributed by atoms with Gasteiger partial charge in [-0.15, -0.1) is 0 Å². The maximum absolute atomic E-state index is 6.10. The summed E-state index contributed by atoms with van der Waals surface area (Å²) in [6.07, 6.45) is 5.99. The van der Waals surface area contributed by atoms with Crippen molar-refractivity contribution in [3.63, 3.8) is 0 Å². The van der Waals surface area contributed by atoms with Gasteiger partial charge in [0, 0.05) is 17.9 Å². The van der Waals surface area contributed by atoms with Crippen LogP contribution >= 0.6 is 0 Å². The molecule has 2 rings (SSSR count). The lowest BCUT2D eigenvalue weighted by atomic mass is 9.76. The second-order valence-corrected chi connectivity index (χ2v) is 6.35. The Balaban J connectivity index is 2.32. The number of nitrogens with zero attached hydrogens (tertiary/aromatic N) is 1. The van der Waals surface area contributed by atoms with Gasteiger partial charge in [-0.25, -0.2) is 0 Å². The van der Waals surface area contributed by atoms with Crippen molar-refractivity contribution < 1.29 is 9.31 Å². The van der Waals surface area contributed by atoms with Crippen LogP contribution in [0, 0.1) is 6.92 Å². The van der Waals surface area contributed by atoms with Gasteiger partial charge in [-0.1, -0.05) is 13.3 Å². The largest absolute Gasteiger partial charge is 0.496 e. The fourth-order valence-electron chi connectivity index (χ4n) is 2.32. The Bertz CT molecular complexity index is 455. The van der Waals surface area contributed by atoms with E-state index in [-0.39, 0.29) is 18.3 Å². The van der Waals surface area contributed by atoms with Crippen molar-refractivity contribution >= 4 is 12.6 Å². The number of hydrogen-bond acceptors (Lipinski definition) is 3. The molecule has 0 aliphatic carbocycles. The van der Waals surface area contributed by atoms with Crippen LogP contribution in [0.25, 0.3) is 0 Å². The van der Waals surface area contributed by atoms with Crippen LogP contribution in [-0.4, -0.2) is 23.3 Å². The molecule has 1 fully saturated rings. The van der Waals surface area contributed by atoms with E-state index in [1.165, 1.54) is 11.1 Å². The van der Waals surface area contributed by atoms with Crippen molar-refractivity contribution in [2.75, 3.05) is 0 Å². The Labute approximate surface area is 116 Å². The van der Waals surface area contributed by atoms with Crippen LogP contribution in [0.2, 0.25) is 0 Å². The number of aromatic nitrogens is 1. The second-order valence-electron chi connectivity index (χ2n) is 6.35. The van der Waals surface area contributed by atoms with E-state index >= 15 is 0 Å². The molecule has 1 aliphatic heterocycles. The molecule has 4 heteroatoms. The summed E-state index contributed by atoms with van der Waals surface area (Å²) in [5.74, 6) is 0. The number of rotatable bonds is 3. The van der Waals surface area contributed by atoms with Gasteiger partial charge in [-0.2, -0.15) is 0 Å². The van der Waals surface area contributed by atoms with E-state index < -0.39 is 0 Å².